The van der Waals surface area contributed by atoms with E-state index in [1.165, 1.54) is 0 Å². The van der Waals surface area contributed by atoms with Gasteiger partial charge in [0.05, 0.1) is 0 Å². The molecule has 0 aliphatic carbocycles. The number of allylic oxidation sites excluding steroid dienone is 1. The van der Waals surface area contributed by atoms with Crippen LogP contribution in [0.25, 0.3) is 0 Å². The van der Waals surface area contributed by atoms with Crippen LogP contribution in [-0.4, -0.2) is 23.6 Å². The molecule has 0 spiro atoms. The SMILES string of the molecule is C=CCC[C@H]1CCCN1C(=O)OCc1ccccc1. The number of hydrogen-bond acceptors (Lipinski definition) is 2. The van der Waals surface area contributed by atoms with E-state index in [9.17, 15) is 4.79 Å². The molecule has 1 aliphatic rings. The van der Waals surface area contributed by atoms with Crippen LogP contribution in [0.5, 0.6) is 0 Å². The average molecular weight is 259 g/mol. The molecule has 3 heteroatoms. The molecule has 1 heterocycles. The van der Waals surface area contributed by atoms with E-state index in [2.05, 4.69) is 6.58 Å². The van der Waals surface area contributed by atoms with Gasteiger partial charge in [-0.3, -0.25) is 0 Å². The minimum atomic E-state index is -0.185. The van der Waals surface area contributed by atoms with E-state index >= 15 is 0 Å². The fourth-order valence-electron chi connectivity index (χ4n) is 2.49. The van der Waals surface area contributed by atoms with Crippen LogP contribution in [0.1, 0.15) is 31.2 Å². The summed E-state index contributed by atoms with van der Waals surface area (Å²) in [7, 11) is 0. The summed E-state index contributed by atoms with van der Waals surface area (Å²) in [6.45, 7) is 4.90. The second kappa shape index (κ2) is 6.98. The highest BCUT2D eigenvalue weighted by Gasteiger charge is 2.28. The Morgan fingerprint density at radius 2 is 2.21 bits per heavy atom. The molecule has 1 saturated heterocycles. The number of carbonyl (C=O) groups is 1. The molecule has 2 rings (SSSR count). The molecular formula is C16H21NO2. The standard InChI is InChI=1S/C16H21NO2/c1-2-3-10-15-11-7-12-17(15)16(18)19-13-14-8-5-4-6-9-14/h2,4-6,8-9,15H,1,3,7,10-13H2/t15-/m0/s1. The second-order valence-electron chi connectivity index (χ2n) is 4.90. The molecule has 0 unspecified atom stereocenters. The molecule has 1 atom stereocenters. The van der Waals surface area contributed by atoms with Gasteiger partial charge >= 0.3 is 6.09 Å². The summed E-state index contributed by atoms with van der Waals surface area (Å²) in [5.41, 5.74) is 1.03. The highest BCUT2D eigenvalue weighted by molar-refractivity contribution is 5.68. The van der Waals surface area contributed by atoms with Crippen LogP contribution >= 0.6 is 0 Å². The fourth-order valence-corrected chi connectivity index (χ4v) is 2.49. The molecular weight excluding hydrogens is 238 g/mol. The molecule has 3 nitrogen and oxygen atoms in total. The average Bonchev–Trinajstić information content (AvgIpc) is 2.92. The molecule has 0 saturated carbocycles. The number of carbonyl (C=O) groups excluding carboxylic acids is 1. The van der Waals surface area contributed by atoms with E-state index in [4.69, 9.17) is 4.74 Å². The van der Waals surface area contributed by atoms with Crippen LogP contribution in [-0.2, 0) is 11.3 Å². The van der Waals surface area contributed by atoms with Gasteiger partial charge in [-0.1, -0.05) is 36.4 Å². The van der Waals surface area contributed by atoms with Crippen LogP contribution in [0.3, 0.4) is 0 Å². The summed E-state index contributed by atoms with van der Waals surface area (Å²) in [5, 5.41) is 0. The van der Waals surface area contributed by atoms with Crippen molar-refractivity contribution in [3.05, 3.63) is 48.6 Å². The molecule has 1 aromatic rings. The van der Waals surface area contributed by atoms with E-state index in [1.54, 1.807) is 0 Å². The Balaban J connectivity index is 1.83. The zero-order valence-electron chi connectivity index (χ0n) is 11.3. The smallest absolute Gasteiger partial charge is 0.410 e. The maximum Gasteiger partial charge on any atom is 0.410 e. The van der Waals surface area contributed by atoms with Crippen molar-refractivity contribution in [3.8, 4) is 0 Å². The van der Waals surface area contributed by atoms with Gasteiger partial charge in [0.2, 0.25) is 0 Å². The van der Waals surface area contributed by atoms with Crippen LogP contribution in [0.15, 0.2) is 43.0 Å². The predicted octanol–water partition coefficient (Wildman–Crippen LogP) is 3.75. The van der Waals surface area contributed by atoms with Gasteiger partial charge in [-0.15, -0.1) is 6.58 Å². The van der Waals surface area contributed by atoms with Gasteiger partial charge in [-0.2, -0.15) is 0 Å². The molecule has 0 radical (unpaired) electrons. The molecule has 1 fully saturated rings. The quantitative estimate of drug-likeness (QED) is 0.754. The zero-order chi connectivity index (χ0) is 13.5. The summed E-state index contributed by atoms with van der Waals surface area (Å²) in [6, 6.07) is 10.1. The Morgan fingerprint density at radius 1 is 1.42 bits per heavy atom. The van der Waals surface area contributed by atoms with Gasteiger partial charge in [0.25, 0.3) is 0 Å². The number of benzene rings is 1. The molecule has 19 heavy (non-hydrogen) atoms. The zero-order valence-corrected chi connectivity index (χ0v) is 11.3. The Hall–Kier alpha value is -1.77. The van der Waals surface area contributed by atoms with Gasteiger partial charge in [0.1, 0.15) is 6.61 Å². The van der Waals surface area contributed by atoms with Crippen molar-refractivity contribution in [2.24, 2.45) is 0 Å². The van der Waals surface area contributed by atoms with Crippen molar-refractivity contribution in [1.29, 1.82) is 0 Å². The van der Waals surface area contributed by atoms with Crippen LogP contribution in [0.2, 0.25) is 0 Å². The Morgan fingerprint density at radius 3 is 2.95 bits per heavy atom. The van der Waals surface area contributed by atoms with Crippen molar-refractivity contribution < 1.29 is 9.53 Å². The first-order chi connectivity index (χ1) is 9.31. The second-order valence-corrected chi connectivity index (χ2v) is 4.90. The third-order valence-electron chi connectivity index (χ3n) is 3.52. The molecule has 1 amide bonds. The van der Waals surface area contributed by atoms with Crippen LogP contribution in [0, 0.1) is 0 Å². The Bertz CT molecular complexity index is 416. The molecule has 1 aromatic carbocycles. The lowest BCUT2D eigenvalue weighted by Gasteiger charge is -2.23. The van der Waals surface area contributed by atoms with Crippen molar-refractivity contribution in [2.75, 3.05) is 6.54 Å². The third-order valence-corrected chi connectivity index (χ3v) is 3.52. The maximum atomic E-state index is 12.1. The molecule has 1 aliphatic heterocycles. The fraction of sp³-hybridized carbons (Fsp3) is 0.438. The highest BCUT2D eigenvalue weighted by Crippen LogP contribution is 2.22. The first-order valence-electron chi connectivity index (χ1n) is 6.89. The molecule has 0 aromatic heterocycles. The third kappa shape index (κ3) is 3.85. The van der Waals surface area contributed by atoms with E-state index in [1.807, 2.05) is 41.3 Å². The largest absolute Gasteiger partial charge is 0.445 e. The highest BCUT2D eigenvalue weighted by atomic mass is 16.6. The van der Waals surface area contributed by atoms with Crippen molar-refractivity contribution in [1.82, 2.24) is 4.90 Å². The van der Waals surface area contributed by atoms with Gasteiger partial charge < -0.3 is 9.64 Å². The summed E-state index contributed by atoms with van der Waals surface area (Å²) >= 11 is 0. The number of hydrogen-bond donors (Lipinski definition) is 0. The minimum Gasteiger partial charge on any atom is -0.445 e. The van der Waals surface area contributed by atoms with E-state index < -0.39 is 0 Å². The van der Waals surface area contributed by atoms with Crippen molar-refractivity contribution in [3.63, 3.8) is 0 Å². The van der Waals surface area contributed by atoms with Crippen molar-refractivity contribution in [2.45, 2.75) is 38.3 Å². The lowest BCUT2D eigenvalue weighted by atomic mass is 10.1. The van der Waals surface area contributed by atoms with E-state index in [0.717, 1.165) is 37.8 Å². The molecule has 102 valence electrons. The lowest BCUT2D eigenvalue weighted by Crippen LogP contribution is -2.35. The monoisotopic (exact) mass is 259 g/mol. The van der Waals surface area contributed by atoms with Gasteiger partial charge in [-0.05, 0) is 31.2 Å². The first kappa shape index (κ1) is 13.7. The first-order valence-corrected chi connectivity index (χ1v) is 6.89. The summed E-state index contributed by atoms with van der Waals surface area (Å²) in [4.78, 5) is 13.9. The van der Waals surface area contributed by atoms with E-state index in [-0.39, 0.29) is 6.09 Å². The Kier molecular flexibility index (Phi) is 5.01. The number of rotatable bonds is 5. The predicted molar refractivity (Wildman–Crippen MR) is 75.8 cm³/mol. The molecule has 0 N–H and O–H groups in total. The van der Waals surface area contributed by atoms with Gasteiger partial charge in [-0.25, -0.2) is 4.79 Å². The van der Waals surface area contributed by atoms with Crippen molar-refractivity contribution >= 4 is 6.09 Å². The lowest BCUT2D eigenvalue weighted by molar-refractivity contribution is 0.0910. The summed E-state index contributed by atoms with van der Waals surface area (Å²) < 4.78 is 5.38. The number of ether oxygens (including phenoxy) is 1. The number of likely N-dealkylation sites (tertiary alicyclic amines) is 1. The summed E-state index contributed by atoms with van der Waals surface area (Å²) in [6.07, 6.45) is 5.81. The van der Waals surface area contributed by atoms with E-state index in [0.29, 0.717) is 12.6 Å². The van der Waals surface area contributed by atoms with Crippen LogP contribution in [0.4, 0.5) is 4.79 Å². The Labute approximate surface area is 114 Å². The normalized spacial score (nSPS) is 18.3. The van der Waals surface area contributed by atoms with Crippen LogP contribution < -0.4 is 0 Å². The van der Waals surface area contributed by atoms with Gasteiger partial charge in [0.15, 0.2) is 0 Å². The summed E-state index contributed by atoms with van der Waals surface area (Å²) in [5.74, 6) is 0. The number of amides is 1. The maximum absolute atomic E-state index is 12.1. The number of nitrogens with zero attached hydrogens (tertiary/aromatic N) is 1. The topological polar surface area (TPSA) is 29.5 Å². The molecule has 0 bridgehead atoms. The van der Waals surface area contributed by atoms with Gasteiger partial charge in [0, 0.05) is 12.6 Å². The minimum absolute atomic E-state index is 0.185.